The molecule has 16 heavy (non-hydrogen) atoms. The molecular weight excluding hydrogens is 270 g/mol. The van der Waals surface area contributed by atoms with Crippen LogP contribution in [0.3, 0.4) is 0 Å². The van der Waals surface area contributed by atoms with Crippen LogP contribution in [0.25, 0.3) is 0 Å². The minimum Gasteiger partial charge on any atom is -0.465 e. The molecule has 86 valence electrons. The average molecular weight is 284 g/mol. The fourth-order valence-corrected chi connectivity index (χ4v) is 2.48. The summed E-state index contributed by atoms with van der Waals surface area (Å²) in [6, 6.07) is 7.84. The van der Waals surface area contributed by atoms with Gasteiger partial charge in [0, 0.05) is 10.4 Å². The van der Waals surface area contributed by atoms with Crippen LogP contribution < -0.4 is 5.73 Å². The molecule has 1 aliphatic carbocycles. The van der Waals surface area contributed by atoms with Crippen LogP contribution in [0.4, 0.5) is 0 Å². The normalized spacial score (nSPS) is 27.6. The van der Waals surface area contributed by atoms with E-state index in [1.807, 2.05) is 24.3 Å². The Kier molecular flexibility index (Phi) is 3.04. The SMILES string of the molecule is CCOC(=O)C1(N)CC1c1ccccc1Br. The molecule has 1 aliphatic rings. The van der Waals surface area contributed by atoms with Crippen molar-refractivity contribution in [1.29, 1.82) is 0 Å². The molecule has 1 aromatic rings. The molecule has 4 heteroatoms. The van der Waals surface area contributed by atoms with Crippen LogP contribution in [0.2, 0.25) is 0 Å². The van der Waals surface area contributed by atoms with E-state index in [2.05, 4.69) is 15.9 Å². The first kappa shape index (κ1) is 11.6. The molecular formula is C12H14BrNO2. The van der Waals surface area contributed by atoms with E-state index >= 15 is 0 Å². The Hall–Kier alpha value is -0.870. The first-order valence-electron chi connectivity index (χ1n) is 5.30. The van der Waals surface area contributed by atoms with E-state index in [-0.39, 0.29) is 11.9 Å². The summed E-state index contributed by atoms with van der Waals surface area (Å²) in [5, 5.41) is 0. The van der Waals surface area contributed by atoms with E-state index in [0.29, 0.717) is 13.0 Å². The van der Waals surface area contributed by atoms with Gasteiger partial charge in [0.2, 0.25) is 0 Å². The van der Waals surface area contributed by atoms with Gasteiger partial charge in [-0.05, 0) is 25.0 Å². The summed E-state index contributed by atoms with van der Waals surface area (Å²) in [6.07, 6.45) is 0.661. The maximum atomic E-state index is 11.7. The van der Waals surface area contributed by atoms with E-state index < -0.39 is 5.54 Å². The van der Waals surface area contributed by atoms with Crippen LogP contribution in [-0.4, -0.2) is 18.1 Å². The number of hydrogen-bond acceptors (Lipinski definition) is 3. The Bertz CT molecular complexity index is 421. The molecule has 0 spiro atoms. The summed E-state index contributed by atoms with van der Waals surface area (Å²) >= 11 is 3.47. The molecule has 1 fully saturated rings. The zero-order chi connectivity index (χ0) is 11.8. The minimum atomic E-state index is -0.820. The summed E-state index contributed by atoms with van der Waals surface area (Å²) in [5.41, 5.74) is 6.29. The molecule has 2 N–H and O–H groups in total. The lowest BCUT2D eigenvalue weighted by atomic mass is 10.1. The van der Waals surface area contributed by atoms with Crippen molar-refractivity contribution in [2.75, 3.05) is 6.61 Å². The Morgan fingerprint density at radius 2 is 2.31 bits per heavy atom. The van der Waals surface area contributed by atoms with Gasteiger partial charge in [-0.2, -0.15) is 0 Å². The molecule has 3 nitrogen and oxygen atoms in total. The molecule has 0 saturated heterocycles. The minimum absolute atomic E-state index is 0.0714. The number of halogens is 1. The molecule has 2 atom stereocenters. The molecule has 0 bridgehead atoms. The van der Waals surface area contributed by atoms with E-state index in [4.69, 9.17) is 10.5 Å². The molecule has 2 rings (SSSR count). The van der Waals surface area contributed by atoms with Gasteiger partial charge in [-0.15, -0.1) is 0 Å². The smallest absolute Gasteiger partial charge is 0.326 e. The van der Waals surface area contributed by atoms with Crippen LogP contribution >= 0.6 is 15.9 Å². The summed E-state index contributed by atoms with van der Waals surface area (Å²) < 4.78 is 5.98. The van der Waals surface area contributed by atoms with Gasteiger partial charge < -0.3 is 10.5 Å². The van der Waals surface area contributed by atoms with Crippen molar-refractivity contribution < 1.29 is 9.53 Å². The number of benzene rings is 1. The highest BCUT2D eigenvalue weighted by atomic mass is 79.9. The molecule has 1 aromatic carbocycles. The third-order valence-corrected chi connectivity index (χ3v) is 3.66. The molecule has 0 aromatic heterocycles. The van der Waals surface area contributed by atoms with Gasteiger partial charge in [0.1, 0.15) is 5.54 Å². The van der Waals surface area contributed by atoms with E-state index in [1.165, 1.54) is 0 Å². The van der Waals surface area contributed by atoms with Crippen molar-refractivity contribution in [3.63, 3.8) is 0 Å². The van der Waals surface area contributed by atoms with Gasteiger partial charge in [-0.3, -0.25) is 4.79 Å². The number of carbonyl (C=O) groups is 1. The molecule has 1 saturated carbocycles. The fourth-order valence-electron chi connectivity index (χ4n) is 1.92. The van der Waals surface area contributed by atoms with Crippen LogP contribution in [0.15, 0.2) is 28.7 Å². The third-order valence-electron chi connectivity index (χ3n) is 2.94. The van der Waals surface area contributed by atoms with Gasteiger partial charge in [0.05, 0.1) is 6.61 Å². The van der Waals surface area contributed by atoms with Crippen molar-refractivity contribution in [3.8, 4) is 0 Å². The van der Waals surface area contributed by atoms with Gasteiger partial charge in [-0.25, -0.2) is 0 Å². The monoisotopic (exact) mass is 283 g/mol. The zero-order valence-corrected chi connectivity index (χ0v) is 10.7. The van der Waals surface area contributed by atoms with Crippen molar-refractivity contribution in [1.82, 2.24) is 0 Å². The second-order valence-corrected chi connectivity index (χ2v) is 4.89. The fraction of sp³-hybridized carbons (Fsp3) is 0.417. The highest BCUT2D eigenvalue weighted by molar-refractivity contribution is 9.10. The molecule has 2 unspecified atom stereocenters. The van der Waals surface area contributed by atoms with Gasteiger partial charge >= 0.3 is 5.97 Å². The molecule has 0 heterocycles. The molecule has 0 radical (unpaired) electrons. The Morgan fingerprint density at radius 3 is 2.94 bits per heavy atom. The Balaban J connectivity index is 2.17. The van der Waals surface area contributed by atoms with Crippen LogP contribution in [-0.2, 0) is 9.53 Å². The largest absolute Gasteiger partial charge is 0.465 e. The number of nitrogens with two attached hydrogens (primary N) is 1. The standard InChI is InChI=1S/C12H14BrNO2/c1-2-16-11(15)12(14)7-9(12)8-5-3-4-6-10(8)13/h3-6,9H,2,7,14H2,1H3. The number of hydrogen-bond donors (Lipinski definition) is 1. The summed E-state index contributed by atoms with van der Waals surface area (Å²) in [6.45, 7) is 2.16. The first-order valence-corrected chi connectivity index (χ1v) is 6.09. The summed E-state index contributed by atoms with van der Waals surface area (Å²) in [7, 11) is 0. The topological polar surface area (TPSA) is 52.3 Å². The number of esters is 1. The maximum absolute atomic E-state index is 11.7. The van der Waals surface area contributed by atoms with Gasteiger partial charge in [0.25, 0.3) is 0 Å². The van der Waals surface area contributed by atoms with Crippen molar-refractivity contribution in [2.45, 2.75) is 24.8 Å². The predicted octanol–water partition coefficient (Wildman–Crippen LogP) is 2.20. The van der Waals surface area contributed by atoms with Crippen molar-refractivity contribution >= 4 is 21.9 Å². The zero-order valence-electron chi connectivity index (χ0n) is 9.07. The van der Waals surface area contributed by atoms with E-state index in [1.54, 1.807) is 6.92 Å². The van der Waals surface area contributed by atoms with Crippen molar-refractivity contribution in [2.24, 2.45) is 5.73 Å². The third kappa shape index (κ3) is 1.87. The second kappa shape index (κ2) is 4.18. The van der Waals surface area contributed by atoms with Gasteiger partial charge in [-0.1, -0.05) is 34.1 Å². The highest BCUT2D eigenvalue weighted by Crippen LogP contribution is 2.51. The lowest BCUT2D eigenvalue weighted by Gasteiger charge is -2.11. The predicted molar refractivity (Wildman–Crippen MR) is 65.1 cm³/mol. The quantitative estimate of drug-likeness (QED) is 0.866. The summed E-state index contributed by atoms with van der Waals surface area (Å²) in [4.78, 5) is 11.7. The van der Waals surface area contributed by atoms with Gasteiger partial charge in [0.15, 0.2) is 0 Å². The Morgan fingerprint density at radius 1 is 1.62 bits per heavy atom. The maximum Gasteiger partial charge on any atom is 0.326 e. The van der Waals surface area contributed by atoms with Crippen molar-refractivity contribution in [3.05, 3.63) is 34.3 Å². The van der Waals surface area contributed by atoms with E-state index in [0.717, 1.165) is 10.0 Å². The Labute approximate surface area is 103 Å². The number of ether oxygens (including phenoxy) is 1. The highest BCUT2D eigenvalue weighted by Gasteiger charge is 2.59. The molecule has 0 aliphatic heterocycles. The first-order chi connectivity index (χ1) is 7.59. The lowest BCUT2D eigenvalue weighted by molar-refractivity contribution is -0.146. The number of carbonyl (C=O) groups excluding carboxylic acids is 1. The second-order valence-electron chi connectivity index (χ2n) is 4.04. The number of rotatable bonds is 3. The summed E-state index contributed by atoms with van der Waals surface area (Å²) in [5.74, 6) is -0.224. The van der Waals surface area contributed by atoms with Crippen LogP contribution in [0.5, 0.6) is 0 Å². The molecule has 0 amide bonds. The van der Waals surface area contributed by atoms with Crippen LogP contribution in [0, 0.1) is 0 Å². The van der Waals surface area contributed by atoms with E-state index in [9.17, 15) is 4.79 Å². The average Bonchev–Trinajstić information content (AvgIpc) is 2.93. The van der Waals surface area contributed by atoms with Crippen LogP contribution in [0.1, 0.15) is 24.8 Å². The lowest BCUT2D eigenvalue weighted by Crippen LogP contribution is -2.36.